The molecule has 0 radical (unpaired) electrons. The van der Waals surface area contributed by atoms with E-state index in [1.165, 1.54) is 0 Å². The van der Waals surface area contributed by atoms with Crippen molar-refractivity contribution in [1.29, 1.82) is 0 Å². The van der Waals surface area contributed by atoms with Gasteiger partial charge in [0.1, 0.15) is 0 Å². The van der Waals surface area contributed by atoms with Crippen LogP contribution in [0, 0.1) is 13.8 Å². The van der Waals surface area contributed by atoms with Crippen LogP contribution < -0.4 is 0 Å². The van der Waals surface area contributed by atoms with Gasteiger partial charge in [-0.2, -0.15) is 0 Å². The van der Waals surface area contributed by atoms with Gasteiger partial charge in [-0.15, -0.1) is 0 Å². The Balaban J connectivity index is 2.23. The van der Waals surface area contributed by atoms with Crippen molar-refractivity contribution in [2.75, 3.05) is 13.1 Å². The van der Waals surface area contributed by atoms with Crippen LogP contribution in [0.15, 0.2) is 18.2 Å². The fraction of sp³-hybridized carbons (Fsp3) is 0.462. The first-order chi connectivity index (χ1) is 7.58. The van der Waals surface area contributed by atoms with E-state index >= 15 is 0 Å². The Hall–Kier alpha value is -1.35. The fourth-order valence-electron chi connectivity index (χ4n) is 2.06. The summed E-state index contributed by atoms with van der Waals surface area (Å²) in [6, 6.07) is 5.89. The first-order valence-corrected chi connectivity index (χ1v) is 5.62. The number of aryl methyl sites for hydroxylation is 2. The Bertz CT molecular complexity index is 414. The lowest BCUT2D eigenvalue weighted by Crippen LogP contribution is -2.30. The average Bonchev–Trinajstić information content (AvgIpc) is 2.67. The zero-order chi connectivity index (χ0) is 11.7. The quantitative estimate of drug-likeness (QED) is 0.777. The number of hydrogen-bond donors (Lipinski definition) is 1. The molecule has 0 saturated carbocycles. The maximum absolute atomic E-state index is 12.2. The molecule has 1 amide bonds. The van der Waals surface area contributed by atoms with Gasteiger partial charge in [-0.25, -0.2) is 0 Å². The van der Waals surface area contributed by atoms with Gasteiger partial charge < -0.3 is 10.0 Å². The van der Waals surface area contributed by atoms with Gasteiger partial charge >= 0.3 is 0 Å². The summed E-state index contributed by atoms with van der Waals surface area (Å²) < 4.78 is 0. The number of benzene rings is 1. The van der Waals surface area contributed by atoms with Crippen LogP contribution in [0.2, 0.25) is 0 Å². The minimum atomic E-state index is -0.353. The van der Waals surface area contributed by atoms with E-state index in [0.717, 1.165) is 16.7 Å². The SMILES string of the molecule is Cc1ccc(C)c(C(=O)N2CC[C@@H](O)C2)c1. The molecule has 0 aromatic heterocycles. The second kappa shape index (κ2) is 4.26. The molecular weight excluding hydrogens is 202 g/mol. The maximum Gasteiger partial charge on any atom is 0.254 e. The number of aliphatic hydroxyl groups excluding tert-OH is 1. The van der Waals surface area contributed by atoms with E-state index < -0.39 is 0 Å². The minimum Gasteiger partial charge on any atom is -0.391 e. The molecule has 1 saturated heterocycles. The third-order valence-electron chi connectivity index (χ3n) is 3.07. The summed E-state index contributed by atoms with van der Waals surface area (Å²) >= 11 is 0. The summed E-state index contributed by atoms with van der Waals surface area (Å²) in [6.45, 7) is 5.05. The highest BCUT2D eigenvalue weighted by Gasteiger charge is 2.26. The standard InChI is InChI=1S/C13H17NO2/c1-9-3-4-10(2)12(7-9)13(16)14-6-5-11(15)8-14/h3-4,7,11,15H,5-6,8H2,1-2H3/t11-/m1/s1. The molecule has 1 heterocycles. The van der Waals surface area contributed by atoms with Crippen molar-refractivity contribution in [2.24, 2.45) is 0 Å². The highest BCUT2D eigenvalue weighted by molar-refractivity contribution is 5.96. The van der Waals surface area contributed by atoms with Crippen LogP contribution in [-0.2, 0) is 0 Å². The largest absolute Gasteiger partial charge is 0.391 e. The van der Waals surface area contributed by atoms with Crippen molar-refractivity contribution >= 4 is 5.91 Å². The van der Waals surface area contributed by atoms with E-state index in [0.29, 0.717) is 19.5 Å². The number of aliphatic hydroxyl groups is 1. The molecule has 1 aromatic rings. The Kier molecular flexibility index (Phi) is 2.97. The molecule has 1 aliphatic heterocycles. The van der Waals surface area contributed by atoms with Gasteiger partial charge in [-0.05, 0) is 31.9 Å². The van der Waals surface area contributed by atoms with E-state index in [2.05, 4.69) is 0 Å². The molecule has 86 valence electrons. The van der Waals surface area contributed by atoms with E-state index in [1.807, 2.05) is 32.0 Å². The van der Waals surface area contributed by atoms with Gasteiger partial charge in [0, 0.05) is 18.7 Å². The number of β-amino-alcohol motifs (C(OH)–C–C–N with tert-alkyl or cyclic N) is 1. The van der Waals surface area contributed by atoms with Gasteiger partial charge in [0.15, 0.2) is 0 Å². The lowest BCUT2D eigenvalue weighted by molar-refractivity contribution is 0.0764. The number of nitrogens with zero attached hydrogens (tertiary/aromatic N) is 1. The third-order valence-corrected chi connectivity index (χ3v) is 3.07. The number of carbonyl (C=O) groups excluding carboxylic acids is 1. The third kappa shape index (κ3) is 2.09. The Morgan fingerprint density at radius 3 is 2.81 bits per heavy atom. The van der Waals surface area contributed by atoms with Crippen LogP contribution in [0.1, 0.15) is 27.9 Å². The van der Waals surface area contributed by atoms with Crippen molar-refractivity contribution in [1.82, 2.24) is 4.90 Å². The maximum atomic E-state index is 12.2. The number of likely N-dealkylation sites (tertiary alicyclic amines) is 1. The summed E-state index contributed by atoms with van der Waals surface area (Å²) in [5.41, 5.74) is 2.85. The van der Waals surface area contributed by atoms with Crippen LogP contribution in [0.3, 0.4) is 0 Å². The molecule has 0 bridgehead atoms. The average molecular weight is 219 g/mol. The number of rotatable bonds is 1. The zero-order valence-corrected chi connectivity index (χ0v) is 9.73. The summed E-state index contributed by atoms with van der Waals surface area (Å²) in [5, 5.41) is 9.43. The van der Waals surface area contributed by atoms with Gasteiger partial charge in [-0.3, -0.25) is 4.79 Å². The van der Waals surface area contributed by atoms with Crippen molar-refractivity contribution in [3.05, 3.63) is 34.9 Å². The van der Waals surface area contributed by atoms with Crippen LogP contribution in [0.25, 0.3) is 0 Å². The normalized spacial score (nSPS) is 20.2. The van der Waals surface area contributed by atoms with Crippen molar-refractivity contribution in [3.8, 4) is 0 Å². The second-order valence-electron chi connectivity index (χ2n) is 4.51. The van der Waals surface area contributed by atoms with Gasteiger partial charge in [-0.1, -0.05) is 17.7 Å². The zero-order valence-electron chi connectivity index (χ0n) is 9.73. The van der Waals surface area contributed by atoms with Crippen molar-refractivity contribution in [3.63, 3.8) is 0 Å². The molecular formula is C13H17NO2. The second-order valence-corrected chi connectivity index (χ2v) is 4.51. The highest BCUT2D eigenvalue weighted by atomic mass is 16.3. The Labute approximate surface area is 95.7 Å². The Morgan fingerprint density at radius 2 is 2.19 bits per heavy atom. The van der Waals surface area contributed by atoms with Gasteiger partial charge in [0.2, 0.25) is 0 Å². The molecule has 2 rings (SSSR count). The summed E-state index contributed by atoms with van der Waals surface area (Å²) in [6.07, 6.45) is 0.338. The molecule has 1 aromatic carbocycles. The molecule has 1 fully saturated rings. The first-order valence-electron chi connectivity index (χ1n) is 5.62. The van der Waals surface area contributed by atoms with E-state index in [1.54, 1.807) is 4.90 Å². The number of carbonyl (C=O) groups is 1. The smallest absolute Gasteiger partial charge is 0.254 e. The predicted molar refractivity (Wildman–Crippen MR) is 62.4 cm³/mol. The molecule has 1 atom stereocenters. The Morgan fingerprint density at radius 1 is 1.44 bits per heavy atom. The molecule has 16 heavy (non-hydrogen) atoms. The summed E-state index contributed by atoms with van der Waals surface area (Å²) in [7, 11) is 0. The summed E-state index contributed by atoms with van der Waals surface area (Å²) in [5.74, 6) is 0.0396. The van der Waals surface area contributed by atoms with E-state index in [4.69, 9.17) is 0 Å². The highest BCUT2D eigenvalue weighted by Crippen LogP contribution is 2.17. The molecule has 0 aliphatic carbocycles. The van der Waals surface area contributed by atoms with Crippen LogP contribution in [0.4, 0.5) is 0 Å². The first kappa shape index (κ1) is 11.1. The fourth-order valence-corrected chi connectivity index (χ4v) is 2.06. The van der Waals surface area contributed by atoms with Crippen LogP contribution in [0.5, 0.6) is 0 Å². The van der Waals surface area contributed by atoms with Crippen molar-refractivity contribution < 1.29 is 9.90 Å². The molecule has 0 spiro atoms. The molecule has 1 N–H and O–H groups in total. The minimum absolute atomic E-state index is 0.0396. The van der Waals surface area contributed by atoms with E-state index in [-0.39, 0.29) is 12.0 Å². The van der Waals surface area contributed by atoms with Gasteiger partial charge in [0.25, 0.3) is 5.91 Å². The lowest BCUT2D eigenvalue weighted by atomic mass is 10.0. The molecule has 3 nitrogen and oxygen atoms in total. The van der Waals surface area contributed by atoms with Crippen LogP contribution >= 0.6 is 0 Å². The molecule has 0 unspecified atom stereocenters. The topological polar surface area (TPSA) is 40.5 Å². The molecule has 3 heteroatoms. The monoisotopic (exact) mass is 219 g/mol. The predicted octanol–water partition coefficient (Wildman–Crippen LogP) is 1.51. The van der Waals surface area contributed by atoms with E-state index in [9.17, 15) is 9.90 Å². The summed E-state index contributed by atoms with van der Waals surface area (Å²) in [4.78, 5) is 13.9. The number of hydrogen-bond acceptors (Lipinski definition) is 2. The molecule has 1 aliphatic rings. The van der Waals surface area contributed by atoms with Crippen molar-refractivity contribution in [2.45, 2.75) is 26.4 Å². The van der Waals surface area contributed by atoms with Crippen LogP contribution in [-0.4, -0.2) is 35.1 Å². The van der Waals surface area contributed by atoms with Gasteiger partial charge in [0.05, 0.1) is 6.10 Å². The lowest BCUT2D eigenvalue weighted by Gasteiger charge is -2.17. The number of amides is 1.